The molecule has 0 unspecified atom stereocenters. The maximum Gasteiger partial charge on any atom is 0.189 e. The topological polar surface area (TPSA) is 17.1 Å². The van der Waals surface area contributed by atoms with Gasteiger partial charge in [0.25, 0.3) is 0 Å². The predicted octanol–water partition coefficient (Wildman–Crippen LogP) is 3.75. The van der Waals surface area contributed by atoms with Crippen LogP contribution in [0.3, 0.4) is 0 Å². The molecule has 0 saturated heterocycles. The van der Waals surface area contributed by atoms with Gasteiger partial charge in [-0.05, 0) is 30.7 Å². The van der Waals surface area contributed by atoms with E-state index in [0.717, 1.165) is 0 Å². The first-order valence-corrected chi connectivity index (χ1v) is 4.43. The molecule has 0 atom stereocenters. The van der Waals surface area contributed by atoms with Crippen LogP contribution in [0.25, 0.3) is 0 Å². The van der Waals surface area contributed by atoms with Crippen molar-refractivity contribution in [2.24, 2.45) is 0 Å². The summed E-state index contributed by atoms with van der Waals surface area (Å²) in [4.78, 5) is 11.5. The number of benzene rings is 1. The van der Waals surface area contributed by atoms with E-state index in [2.05, 4.69) is 6.58 Å². The van der Waals surface area contributed by atoms with Crippen molar-refractivity contribution in [2.75, 3.05) is 0 Å². The van der Waals surface area contributed by atoms with Gasteiger partial charge in [-0.15, -0.1) is 0 Å². The first kappa shape index (κ1) is 10.3. The van der Waals surface area contributed by atoms with Gasteiger partial charge in [-0.1, -0.05) is 29.8 Å². The third kappa shape index (κ3) is 2.33. The molecule has 0 N–H and O–H groups in total. The molecule has 0 aromatic heterocycles. The Bertz CT molecular complexity index is 369. The zero-order valence-electron chi connectivity index (χ0n) is 7.10. The summed E-state index contributed by atoms with van der Waals surface area (Å²) in [6, 6.07) is 4.78. The highest BCUT2D eigenvalue weighted by Crippen LogP contribution is 2.22. The van der Waals surface area contributed by atoms with Crippen molar-refractivity contribution in [1.82, 2.24) is 0 Å². The molecule has 13 heavy (non-hydrogen) atoms. The molecule has 0 saturated carbocycles. The summed E-state index contributed by atoms with van der Waals surface area (Å²) < 4.78 is 0. The average molecular weight is 215 g/mol. The largest absolute Gasteiger partial charge is 0.289 e. The van der Waals surface area contributed by atoms with Gasteiger partial charge in [-0.2, -0.15) is 0 Å². The van der Waals surface area contributed by atoms with Crippen LogP contribution in [-0.4, -0.2) is 5.78 Å². The number of carbonyl (C=O) groups excluding carboxylic acids is 1. The summed E-state index contributed by atoms with van der Waals surface area (Å²) in [5, 5.41) is 0.895. The smallest absolute Gasteiger partial charge is 0.189 e. The van der Waals surface area contributed by atoms with Crippen molar-refractivity contribution < 1.29 is 4.79 Å². The number of ketones is 1. The van der Waals surface area contributed by atoms with Gasteiger partial charge in [0, 0.05) is 10.6 Å². The molecule has 68 valence electrons. The van der Waals surface area contributed by atoms with E-state index in [4.69, 9.17) is 23.2 Å². The van der Waals surface area contributed by atoms with Gasteiger partial charge in [0.15, 0.2) is 5.78 Å². The Labute approximate surface area is 87.0 Å². The van der Waals surface area contributed by atoms with Crippen molar-refractivity contribution in [3.8, 4) is 0 Å². The molecule has 0 aliphatic rings. The third-order valence-electron chi connectivity index (χ3n) is 1.56. The highest BCUT2D eigenvalue weighted by molar-refractivity contribution is 6.36. The molecule has 3 heteroatoms. The Hall–Kier alpha value is -0.790. The van der Waals surface area contributed by atoms with Crippen LogP contribution in [0.4, 0.5) is 0 Å². The maximum atomic E-state index is 11.5. The Kier molecular flexibility index (Phi) is 3.12. The minimum atomic E-state index is -0.174. The van der Waals surface area contributed by atoms with E-state index in [1.54, 1.807) is 25.1 Å². The fourth-order valence-corrected chi connectivity index (χ4v) is 1.28. The number of halogens is 2. The Morgan fingerprint density at radius 3 is 2.54 bits per heavy atom. The average Bonchev–Trinajstić information content (AvgIpc) is 2.08. The number of rotatable bonds is 2. The molecule has 1 rings (SSSR count). The quantitative estimate of drug-likeness (QED) is 0.542. The van der Waals surface area contributed by atoms with Gasteiger partial charge >= 0.3 is 0 Å². The van der Waals surface area contributed by atoms with Crippen molar-refractivity contribution in [1.29, 1.82) is 0 Å². The van der Waals surface area contributed by atoms with E-state index in [0.29, 0.717) is 21.2 Å². The van der Waals surface area contributed by atoms with E-state index in [1.807, 2.05) is 0 Å². The summed E-state index contributed by atoms with van der Waals surface area (Å²) in [6.45, 7) is 5.19. The summed E-state index contributed by atoms with van der Waals surface area (Å²) >= 11 is 11.5. The lowest BCUT2D eigenvalue weighted by Crippen LogP contribution is -2.00. The van der Waals surface area contributed by atoms with E-state index in [-0.39, 0.29) is 5.78 Å². The van der Waals surface area contributed by atoms with Gasteiger partial charge in [0.2, 0.25) is 0 Å². The molecular formula is C10H8Cl2O. The van der Waals surface area contributed by atoms with Crippen LogP contribution in [0.1, 0.15) is 17.3 Å². The van der Waals surface area contributed by atoms with Crippen LogP contribution < -0.4 is 0 Å². The molecule has 0 aliphatic heterocycles. The number of Topliss-reactive ketones (excluding diaryl/α,β-unsaturated/α-hetero) is 1. The molecular weight excluding hydrogens is 207 g/mol. The lowest BCUT2D eigenvalue weighted by molar-refractivity contribution is 0.103. The monoisotopic (exact) mass is 214 g/mol. The molecule has 0 fully saturated rings. The van der Waals surface area contributed by atoms with Gasteiger partial charge in [-0.3, -0.25) is 4.79 Å². The van der Waals surface area contributed by atoms with E-state index >= 15 is 0 Å². The van der Waals surface area contributed by atoms with E-state index in [9.17, 15) is 4.79 Å². The van der Waals surface area contributed by atoms with Gasteiger partial charge in [0.1, 0.15) is 0 Å². The third-order valence-corrected chi connectivity index (χ3v) is 2.13. The minimum Gasteiger partial charge on any atom is -0.289 e. The molecule has 1 aromatic carbocycles. The normalized spacial score (nSPS) is 9.77. The number of hydrogen-bond donors (Lipinski definition) is 0. The summed E-state index contributed by atoms with van der Waals surface area (Å²) in [6.07, 6.45) is 0. The second-order valence-corrected chi connectivity index (χ2v) is 3.58. The second-order valence-electron chi connectivity index (χ2n) is 2.73. The summed E-state index contributed by atoms with van der Waals surface area (Å²) in [5.74, 6) is -0.174. The van der Waals surface area contributed by atoms with Crippen molar-refractivity contribution in [2.45, 2.75) is 6.92 Å². The van der Waals surface area contributed by atoms with Crippen molar-refractivity contribution in [3.63, 3.8) is 0 Å². The van der Waals surface area contributed by atoms with Gasteiger partial charge < -0.3 is 0 Å². The van der Waals surface area contributed by atoms with Crippen LogP contribution in [0, 0.1) is 0 Å². The lowest BCUT2D eigenvalue weighted by Gasteiger charge is -2.02. The van der Waals surface area contributed by atoms with E-state index in [1.165, 1.54) is 0 Å². The van der Waals surface area contributed by atoms with Crippen LogP contribution in [0.2, 0.25) is 10.0 Å². The van der Waals surface area contributed by atoms with Gasteiger partial charge in [-0.25, -0.2) is 0 Å². The number of hydrogen-bond acceptors (Lipinski definition) is 1. The van der Waals surface area contributed by atoms with Crippen molar-refractivity contribution in [3.05, 3.63) is 46.0 Å². The van der Waals surface area contributed by atoms with Crippen LogP contribution in [0.5, 0.6) is 0 Å². The fraction of sp³-hybridized carbons (Fsp3) is 0.100. The molecule has 1 aromatic rings. The number of carbonyl (C=O) groups is 1. The molecule has 0 heterocycles. The van der Waals surface area contributed by atoms with Crippen molar-refractivity contribution >= 4 is 29.0 Å². The standard InChI is InChI=1S/C10H8Cl2O/c1-6(2)10(13)8-5-7(11)3-4-9(8)12/h3-5H,1H2,2H3. The van der Waals surface area contributed by atoms with Crippen LogP contribution in [0.15, 0.2) is 30.4 Å². The molecule has 0 amide bonds. The number of allylic oxidation sites excluding steroid dienone is 1. The van der Waals surface area contributed by atoms with Crippen LogP contribution in [-0.2, 0) is 0 Å². The zero-order chi connectivity index (χ0) is 10.0. The highest BCUT2D eigenvalue weighted by Gasteiger charge is 2.10. The molecule has 0 radical (unpaired) electrons. The Morgan fingerprint density at radius 2 is 2.00 bits per heavy atom. The molecule has 0 bridgehead atoms. The minimum absolute atomic E-state index is 0.174. The molecule has 0 spiro atoms. The molecule has 0 aliphatic carbocycles. The highest BCUT2D eigenvalue weighted by atomic mass is 35.5. The maximum absolute atomic E-state index is 11.5. The molecule has 1 nitrogen and oxygen atoms in total. The van der Waals surface area contributed by atoms with E-state index < -0.39 is 0 Å². The summed E-state index contributed by atoms with van der Waals surface area (Å²) in [5.41, 5.74) is 0.853. The lowest BCUT2D eigenvalue weighted by atomic mass is 10.1. The Balaban J connectivity index is 3.21. The SMILES string of the molecule is C=C(C)C(=O)c1cc(Cl)ccc1Cl. The predicted molar refractivity (Wildman–Crippen MR) is 55.6 cm³/mol. The zero-order valence-corrected chi connectivity index (χ0v) is 8.62. The first-order chi connectivity index (χ1) is 6.02. The van der Waals surface area contributed by atoms with Gasteiger partial charge in [0.05, 0.1) is 5.02 Å². The second kappa shape index (κ2) is 3.95. The fourth-order valence-electron chi connectivity index (χ4n) is 0.901. The first-order valence-electron chi connectivity index (χ1n) is 3.67. The Morgan fingerprint density at radius 1 is 1.38 bits per heavy atom. The summed E-state index contributed by atoms with van der Waals surface area (Å²) in [7, 11) is 0. The van der Waals surface area contributed by atoms with Crippen LogP contribution >= 0.6 is 23.2 Å².